The lowest BCUT2D eigenvalue weighted by atomic mass is 9.87. The summed E-state index contributed by atoms with van der Waals surface area (Å²) in [5.74, 6) is -0.0583. The summed E-state index contributed by atoms with van der Waals surface area (Å²) in [5, 5.41) is 3.00. The van der Waals surface area contributed by atoms with Crippen LogP contribution < -0.4 is 5.32 Å². The zero-order valence-electron chi connectivity index (χ0n) is 16.4. The number of nitrogens with one attached hydrogen (secondary N) is 1. The number of carbonyl (C=O) groups excluding carboxylic acids is 1. The Morgan fingerprint density at radius 3 is 2.23 bits per heavy atom. The lowest BCUT2D eigenvalue weighted by molar-refractivity contribution is 0.102. The van der Waals surface area contributed by atoms with Crippen LogP contribution in [-0.4, -0.2) is 24.4 Å². The average molecular weight is 351 g/mol. The number of carbonyl (C=O) groups is 1. The van der Waals surface area contributed by atoms with E-state index in [-0.39, 0.29) is 11.3 Å². The van der Waals surface area contributed by atoms with Crippen LogP contribution in [0.4, 0.5) is 5.69 Å². The van der Waals surface area contributed by atoms with Gasteiger partial charge in [-0.2, -0.15) is 0 Å². The highest BCUT2D eigenvalue weighted by Crippen LogP contribution is 2.29. The molecule has 0 aromatic heterocycles. The van der Waals surface area contributed by atoms with Gasteiger partial charge in [-0.3, -0.25) is 9.69 Å². The monoisotopic (exact) mass is 350 g/mol. The molecule has 3 heteroatoms. The highest BCUT2D eigenvalue weighted by Gasteiger charge is 2.20. The lowest BCUT2D eigenvalue weighted by Gasteiger charge is -2.32. The Balaban J connectivity index is 1.66. The quantitative estimate of drug-likeness (QED) is 0.804. The van der Waals surface area contributed by atoms with Crippen LogP contribution in [0.25, 0.3) is 0 Å². The third-order valence-electron chi connectivity index (χ3n) is 5.34. The maximum Gasteiger partial charge on any atom is 0.255 e. The molecule has 3 nitrogen and oxygen atoms in total. The van der Waals surface area contributed by atoms with Gasteiger partial charge in [0.1, 0.15) is 0 Å². The number of hydrogen-bond acceptors (Lipinski definition) is 2. The fourth-order valence-corrected chi connectivity index (χ4v) is 3.61. The van der Waals surface area contributed by atoms with Gasteiger partial charge in [-0.25, -0.2) is 0 Å². The van der Waals surface area contributed by atoms with Crippen molar-refractivity contribution >= 4 is 11.6 Å². The Labute approximate surface area is 157 Å². The van der Waals surface area contributed by atoms with E-state index >= 15 is 0 Å². The van der Waals surface area contributed by atoms with E-state index in [1.165, 1.54) is 30.4 Å². The van der Waals surface area contributed by atoms with E-state index in [0.29, 0.717) is 11.6 Å². The lowest BCUT2D eigenvalue weighted by Crippen LogP contribution is -2.29. The molecule has 1 atom stereocenters. The summed E-state index contributed by atoms with van der Waals surface area (Å²) in [4.78, 5) is 14.9. The maximum atomic E-state index is 12.5. The molecule has 2 aromatic rings. The summed E-state index contributed by atoms with van der Waals surface area (Å²) < 4.78 is 0. The van der Waals surface area contributed by atoms with Gasteiger partial charge in [0.2, 0.25) is 0 Å². The second-order valence-corrected chi connectivity index (χ2v) is 8.40. The van der Waals surface area contributed by atoms with Crippen molar-refractivity contribution in [2.24, 2.45) is 0 Å². The first-order chi connectivity index (χ1) is 12.3. The van der Waals surface area contributed by atoms with E-state index in [1.54, 1.807) is 0 Å². The molecule has 1 fully saturated rings. The summed E-state index contributed by atoms with van der Waals surface area (Å²) in [7, 11) is 2.19. The predicted octanol–water partition coefficient (Wildman–Crippen LogP) is 5.39. The van der Waals surface area contributed by atoms with Crippen LogP contribution in [0.5, 0.6) is 0 Å². The minimum Gasteiger partial charge on any atom is -0.322 e. The summed E-state index contributed by atoms with van der Waals surface area (Å²) in [5.41, 5.74) is 4.21. The molecule has 1 heterocycles. The Bertz CT molecular complexity index is 741. The zero-order chi connectivity index (χ0) is 18.7. The first kappa shape index (κ1) is 18.7. The van der Waals surface area contributed by atoms with Crippen molar-refractivity contribution < 1.29 is 4.79 Å². The molecule has 0 spiro atoms. The number of hydrogen-bond donors (Lipinski definition) is 1. The number of benzene rings is 2. The molecular weight excluding hydrogens is 320 g/mol. The van der Waals surface area contributed by atoms with Crippen molar-refractivity contribution in [2.45, 2.75) is 51.5 Å². The maximum absolute atomic E-state index is 12.5. The summed E-state index contributed by atoms with van der Waals surface area (Å²) in [6.45, 7) is 7.71. The number of anilines is 1. The molecule has 1 unspecified atom stereocenters. The van der Waals surface area contributed by atoms with Gasteiger partial charge < -0.3 is 5.32 Å². The Kier molecular flexibility index (Phi) is 5.47. The van der Waals surface area contributed by atoms with Crippen molar-refractivity contribution in [3.63, 3.8) is 0 Å². The summed E-state index contributed by atoms with van der Waals surface area (Å²) in [6.07, 6.45) is 3.76. The highest BCUT2D eigenvalue weighted by atomic mass is 16.1. The van der Waals surface area contributed by atoms with Gasteiger partial charge in [0, 0.05) is 17.3 Å². The molecule has 2 aromatic carbocycles. The normalized spacial score (nSPS) is 18.5. The number of nitrogens with zero attached hydrogens (tertiary/aromatic N) is 1. The molecule has 1 amide bonds. The van der Waals surface area contributed by atoms with Gasteiger partial charge in [0.15, 0.2) is 0 Å². The van der Waals surface area contributed by atoms with Gasteiger partial charge in [-0.1, -0.05) is 51.5 Å². The van der Waals surface area contributed by atoms with Gasteiger partial charge >= 0.3 is 0 Å². The van der Waals surface area contributed by atoms with E-state index in [4.69, 9.17) is 0 Å². The molecule has 0 bridgehead atoms. The molecule has 0 saturated carbocycles. The predicted molar refractivity (Wildman–Crippen MR) is 109 cm³/mol. The highest BCUT2D eigenvalue weighted by molar-refractivity contribution is 6.04. The molecule has 1 aliphatic heterocycles. The van der Waals surface area contributed by atoms with Gasteiger partial charge in [-0.05, 0) is 67.2 Å². The van der Waals surface area contributed by atoms with Crippen LogP contribution in [0.1, 0.15) is 67.6 Å². The molecule has 3 rings (SSSR count). The third kappa shape index (κ3) is 4.34. The number of rotatable bonds is 3. The van der Waals surface area contributed by atoms with Crippen LogP contribution in [0, 0.1) is 0 Å². The summed E-state index contributed by atoms with van der Waals surface area (Å²) in [6, 6.07) is 16.7. The Morgan fingerprint density at radius 1 is 1.00 bits per heavy atom. The largest absolute Gasteiger partial charge is 0.322 e. The SMILES string of the molecule is CN1CCCCC1c1ccc(C(=O)Nc2ccc(C(C)(C)C)cc2)cc1. The van der Waals surface area contributed by atoms with Crippen molar-refractivity contribution in [3.8, 4) is 0 Å². The Hall–Kier alpha value is -2.13. The van der Waals surface area contributed by atoms with Gasteiger partial charge in [0.05, 0.1) is 0 Å². The van der Waals surface area contributed by atoms with Crippen molar-refractivity contribution in [3.05, 3.63) is 65.2 Å². The van der Waals surface area contributed by atoms with E-state index in [0.717, 1.165) is 12.2 Å². The van der Waals surface area contributed by atoms with E-state index in [2.05, 4.69) is 62.3 Å². The summed E-state index contributed by atoms with van der Waals surface area (Å²) >= 11 is 0. The molecule has 1 saturated heterocycles. The minimum absolute atomic E-state index is 0.0583. The zero-order valence-corrected chi connectivity index (χ0v) is 16.4. The fourth-order valence-electron chi connectivity index (χ4n) is 3.61. The average Bonchev–Trinajstić information content (AvgIpc) is 2.62. The van der Waals surface area contributed by atoms with Crippen molar-refractivity contribution in [2.75, 3.05) is 18.9 Å². The van der Waals surface area contributed by atoms with Crippen molar-refractivity contribution in [1.82, 2.24) is 4.90 Å². The fraction of sp³-hybridized carbons (Fsp3) is 0.435. The van der Waals surface area contributed by atoms with E-state index < -0.39 is 0 Å². The smallest absolute Gasteiger partial charge is 0.255 e. The van der Waals surface area contributed by atoms with Crippen LogP contribution in [-0.2, 0) is 5.41 Å². The third-order valence-corrected chi connectivity index (χ3v) is 5.34. The van der Waals surface area contributed by atoms with E-state index in [1.807, 2.05) is 24.3 Å². The standard InChI is InChI=1S/C23H30N2O/c1-23(2,3)19-12-14-20(15-13-19)24-22(26)18-10-8-17(9-11-18)21-7-5-6-16-25(21)4/h8-15,21H,5-7,16H2,1-4H3,(H,24,26). The van der Waals surface area contributed by atoms with Gasteiger partial charge in [-0.15, -0.1) is 0 Å². The van der Waals surface area contributed by atoms with Gasteiger partial charge in [0.25, 0.3) is 5.91 Å². The Morgan fingerprint density at radius 2 is 1.65 bits per heavy atom. The van der Waals surface area contributed by atoms with Crippen LogP contribution in [0.15, 0.2) is 48.5 Å². The molecule has 1 N–H and O–H groups in total. The topological polar surface area (TPSA) is 32.3 Å². The molecular formula is C23H30N2O. The number of piperidine rings is 1. The van der Waals surface area contributed by atoms with Crippen molar-refractivity contribution in [1.29, 1.82) is 0 Å². The second-order valence-electron chi connectivity index (χ2n) is 8.40. The first-order valence-electron chi connectivity index (χ1n) is 9.57. The van der Waals surface area contributed by atoms with E-state index in [9.17, 15) is 4.79 Å². The molecule has 26 heavy (non-hydrogen) atoms. The van der Waals surface area contributed by atoms with Crippen LogP contribution in [0.3, 0.4) is 0 Å². The van der Waals surface area contributed by atoms with Crippen LogP contribution in [0.2, 0.25) is 0 Å². The molecule has 0 radical (unpaired) electrons. The molecule has 138 valence electrons. The first-order valence-corrected chi connectivity index (χ1v) is 9.57. The minimum atomic E-state index is -0.0583. The number of likely N-dealkylation sites (tertiary alicyclic amines) is 1. The van der Waals surface area contributed by atoms with Crippen LogP contribution >= 0.6 is 0 Å². The molecule has 0 aliphatic carbocycles. The second kappa shape index (κ2) is 7.63. The molecule has 1 aliphatic rings. The number of amides is 1.